The first kappa shape index (κ1) is 26.2. The van der Waals surface area contributed by atoms with E-state index in [-0.39, 0.29) is 0 Å². The number of benzene rings is 2. The Morgan fingerprint density at radius 2 is 0.933 bits per heavy atom. The molecule has 2 aromatic rings. The Hall–Kier alpha value is -1.80. The van der Waals surface area contributed by atoms with Gasteiger partial charge in [-0.1, -0.05) is 60.7 Å². The number of aliphatic hydroxyl groups excluding tert-OH is 4. The molecule has 6 nitrogen and oxygen atoms in total. The highest BCUT2D eigenvalue weighted by Gasteiger charge is 2.29. The number of aryl methyl sites for hydroxylation is 2. The molecule has 2 aromatic carbocycles. The second-order valence-corrected chi connectivity index (χ2v) is 8.08. The van der Waals surface area contributed by atoms with Gasteiger partial charge in [0.15, 0.2) is 0 Å². The van der Waals surface area contributed by atoms with Gasteiger partial charge in [0.2, 0.25) is 0 Å². The first-order valence-electron chi connectivity index (χ1n) is 10.2. The minimum atomic E-state index is -1.23. The maximum absolute atomic E-state index is 9.83. The summed E-state index contributed by atoms with van der Waals surface area (Å²) in [5.41, 5.74) is -0.235. The van der Waals surface area contributed by atoms with Crippen molar-refractivity contribution in [3.8, 4) is 0 Å². The Kier molecular flexibility index (Phi) is 11.2. The molecule has 0 fully saturated rings. The normalized spacial score (nSPS) is 17.1. The standard InChI is InChI=1S/2C12H18O3/c2*1-12(15,11(14)9-13)8-7-10-5-3-2-4-6-10/h2*2-6,11,13-15H,7-9H2,1H3/t2*11-,12+/m10/s1. The molecule has 0 spiro atoms. The molecule has 6 N–H and O–H groups in total. The molecule has 0 saturated carbocycles. The van der Waals surface area contributed by atoms with E-state index in [2.05, 4.69) is 0 Å². The second-order valence-electron chi connectivity index (χ2n) is 8.08. The lowest BCUT2D eigenvalue weighted by Crippen LogP contribution is -2.42. The topological polar surface area (TPSA) is 121 Å². The maximum Gasteiger partial charge on any atom is 0.105 e. The Balaban J connectivity index is 0.000000300. The van der Waals surface area contributed by atoms with Crippen LogP contribution in [0.4, 0.5) is 0 Å². The van der Waals surface area contributed by atoms with Gasteiger partial charge < -0.3 is 30.6 Å². The van der Waals surface area contributed by atoms with Crippen LogP contribution in [-0.4, -0.2) is 67.3 Å². The summed E-state index contributed by atoms with van der Waals surface area (Å²) < 4.78 is 0. The van der Waals surface area contributed by atoms with Crippen molar-refractivity contribution in [3.05, 3.63) is 71.8 Å². The zero-order valence-corrected chi connectivity index (χ0v) is 17.9. The van der Waals surface area contributed by atoms with Gasteiger partial charge in [0.25, 0.3) is 0 Å². The average Bonchev–Trinajstić information content (AvgIpc) is 2.77. The van der Waals surface area contributed by atoms with Gasteiger partial charge in [-0.3, -0.25) is 0 Å². The number of hydrogen-bond acceptors (Lipinski definition) is 6. The van der Waals surface area contributed by atoms with Crippen molar-refractivity contribution in [2.75, 3.05) is 13.2 Å². The third-order valence-electron chi connectivity index (χ3n) is 5.31. The Morgan fingerprint density at radius 1 is 0.633 bits per heavy atom. The Labute approximate surface area is 179 Å². The smallest absolute Gasteiger partial charge is 0.105 e. The summed E-state index contributed by atoms with van der Waals surface area (Å²) in [6.07, 6.45) is 0.0650. The van der Waals surface area contributed by atoms with Crippen LogP contribution in [-0.2, 0) is 12.8 Å². The first-order valence-corrected chi connectivity index (χ1v) is 10.2. The van der Waals surface area contributed by atoms with Crippen molar-refractivity contribution in [1.82, 2.24) is 0 Å². The Bertz CT molecular complexity index is 626. The van der Waals surface area contributed by atoms with Crippen LogP contribution in [0.1, 0.15) is 37.8 Å². The van der Waals surface area contributed by atoms with E-state index in [1.165, 1.54) is 13.8 Å². The van der Waals surface area contributed by atoms with Crippen molar-refractivity contribution in [2.24, 2.45) is 0 Å². The summed E-state index contributed by atoms with van der Waals surface area (Å²) in [7, 11) is 0. The fourth-order valence-corrected chi connectivity index (χ4v) is 2.81. The second kappa shape index (κ2) is 12.8. The molecule has 6 heteroatoms. The van der Waals surface area contributed by atoms with Crippen LogP contribution in [0, 0.1) is 0 Å². The van der Waals surface area contributed by atoms with Crippen LogP contribution >= 0.6 is 0 Å². The van der Waals surface area contributed by atoms with E-state index in [1.54, 1.807) is 0 Å². The molecule has 0 aliphatic heterocycles. The molecule has 168 valence electrons. The highest BCUT2D eigenvalue weighted by Crippen LogP contribution is 2.19. The SMILES string of the molecule is C[C@@](O)(CCc1ccccc1)[C@@H](O)CO.C[C@](O)(CCc1ccccc1)[C@H](O)CO. The molecule has 0 aromatic heterocycles. The lowest BCUT2D eigenvalue weighted by molar-refractivity contribution is -0.0870. The molecule has 0 unspecified atom stereocenters. The van der Waals surface area contributed by atoms with Crippen molar-refractivity contribution in [1.29, 1.82) is 0 Å². The maximum atomic E-state index is 9.83. The van der Waals surface area contributed by atoms with Gasteiger partial charge in [0, 0.05) is 0 Å². The summed E-state index contributed by atoms with van der Waals surface area (Å²) in [5, 5.41) is 55.9. The molecular weight excluding hydrogens is 384 g/mol. The number of hydrogen-bond donors (Lipinski definition) is 6. The zero-order chi connectivity index (χ0) is 22.6. The molecule has 4 atom stereocenters. The third kappa shape index (κ3) is 9.34. The summed E-state index contributed by atoms with van der Waals surface area (Å²) >= 11 is 0. The van der Waals surface area contributed by atoms with E-state index in [0.29, 0.717) is 25.7 Å². The van der Waals surface area contributed by atoms with Gasteiger partial charge >= 0.3 is 0 Å². The predicted octanol–water partition coefficient (Wildman–Crippen LogP) is 1.45. The van der Waals surface area contributed by atoms with Crippen LogP contribution in [0.3, 0.4) is 0 Å². The molecule has 0 bridgehead atoms. The van der Waals surface area contributed by atoms with Gasteiger partial charge in [-0.05, 0) is 50.7 Å². The third-order valence-corrected chi connectivity index (χ3v) is 5.31. The molecule has 0 radical (unpaired) electrons. The van der Waals surface area contributed by atoms with Crippen molar-refractivity contribution >= 4 is 0 Å². The summed E-state index contributed by atoms with van der Waals surface area (Å²) in [6, 6.07) is 19.5. The fourth-order valence-electron chi connectivity index (χ4n) is 2.81. The van der Waals surface area contributed by atoms with Crippen LogP contribution in [0.25, 0.3) is 0 Å². The van der Waals surface area contributed by atoms with Crippen LogP contribution in [0.2, 0.25) is 0 Å². The van der Waals surface area contributed by atoms with Crippen molar-refractivity contribution in [3.63, 3.8) is 0 Å². The van der Waals surface area contributed by atoms with Crippen LogP contribution in [0.5, 0.6) is 0 Å². The highest BCUT2D eigenvalue weighted by atomic mass is 16.4. The molecule has 0 amide bonds. The van der Waals surface area contributed by atoms with Crippen LogP contribution in [0.15, 0.2) is 60.7 Å². The van der Waals surface area contributed by atoms with E-state index < -0.39 is 36.6 Å². The van der Waals surface area contributed by atoms with Gasteiger partial charge in [0.1, 0.15) is 12.2 Å². The lowest BCUT2D eigenvalue weighted by atomic mass is 9.92. The lowest BCUT2D eigenvalue weighted by Gasteiger charge is -2.27. The van der Waals surface area contributed by atoms with E-state index in [0.717, 1.165) is 11.1 Å². The molecular formula is C24H36O6. The minimum Gasteiger partial charge on any atom is -0.394 e. The largest absolute Gasteiger partial charge is 0.394 e. The minimum absolute atomic E-state index is 0.415. The first-order chi connectivity index (χ1) is 14.1. The van der Waals surface area contributed by atoms with Gasteiger partial charge in [-0.15, -0.1) is 0 Å². The van der Waals surface area contributed by atoms with E-state index in [4.69, 9.17) is 10.2 Å². The van der Waals surface area contributed by atoms with E-state index in [9.17, 15) is 20.4 Å². The monoisotopic (exact) mass is 420 g/mol. The predicted molar refractivity (Wildman–Crippen MR) is 117 cm³/mol. The van der Waals surface area contributed by atoms with Crippen LogP contribution < -0.4 is 0 Å². The average molecular weight is 421 g/mol. The summed E-state index contributed by atoms with van der Waals surface area (Å²) in [5.74, 6) is 0. The fraction of sp³-hybridized carbons (Fsp3) is 0.500. The molecule has 2 rings (SSSR count). The van der Waals surface area contributed by atoms with Gasteiger partial charge in [-0.2, -0.15) is 0 Å². The molecule has 30 heavy (non-hydrogen) atoms. The van der Waals surface area contributed by atoms with Crippen molar-refractivity contribution in [2.45, 2.75) is 62.9 Å². The highest BCUT2D eigenvalue weighted by molar-refractivity contribution is 5.16. The van der Waals surface area contributed by atoms with E-state index in [1.807, 2.05) is 60.7 Å². The molecule has 0 aliphatic carbocycles. The van der Waals surface area contributed by atoms with Gasteiger partial charge in [-0.25, -0.2) is 0 Å². The van der Waals surface area contributed by atoms with Crippen molar-refractivity contribution < 1.29 is 30.6 Å². The Morgan fingerprint density at radius 3 is 1.20 bits per heavy atom. The summed E-state index contributed by atoms with van der Waals surface area (Å²) in [4.78, 5) is 0. The molecule has 0 aliphatic rings. The number of rotatable bonds is 10. The van der Waals surface area contributed by atoms with E-state index >= 15 is 0 Å². The zero-order valence-electron chi connectivity index (χ0n) is 17.9. The molecule has 0 saturated heterocycles. The number of aliphatic hydroxyl groups is 6. The quantitative estimate of drug-likeness (QED) is 0.346. The summed E-state index contributed by atoms with van der Waals surface area (Å²) in [6.45, 7) is 2.25. The molecule has 0 heterocycles. The van der Waals surface area contributed by atoms with Gasteiger partial charge in [0.05, 0.1) is 24.4 Å².